The van der Waals surface area contributed by atoms with Crippen molar-refractivity contribution in [2.45, 2.75) is 18.0 Å². The second-order valence-corrected chi connectivity index (χ2v) is 8.17. The first-order valence-corrected chi connectivity index (χ1v) is 10.2. The van der Waals surface area contributed by atoms with Crippen molar-refractivity contribution in [1.82, 2.24) is 4.72 Å². The molecule has 3 rings (SSSR count). The van der Waals surface area contributed by atoms with Crippen molar-refractivity contribution >= 4 is 15.9 Å². The van der Waals surface area contributed by atoms with Gasteiger partial charge in [-0.05, 0) is 49.4 Å². The number of amides is 1. The number of para-hydroxylation sites is 1. The number of hydrogen-bond donors (Lipinski definition) is 1. The third-order valence-electron chi connectivity index (χ3n) is 4.15. The van der Waals surface area contributed by atoms with E-state index in [9.17, 15) is 30.8 Å². The molecule has 0 fully saturated rings. The van der Waals surface area contributed by atoms with Crippen LogP contribution >= 0.6 is 0 Å². The van der Waals surface area contributed by atoms with Crippen molar-refractivity contribution in [3.63, 3.8) is 0 Å². The number of carbonyl (C=O) groups is 1. The second-order valence-electron chi connectivity index (χ2n) is 6.49. The van der Waals surface area contributed by atoms with Crippen LogP contribution in [0.15, 0.2) is 71.6 Å². The van der Waals surface area contributed by atoms with E-state index >= 15 is 0 Å². The van der Waals surface area contributed by atoms with Crippen LogP contribution in [0.5, 0.6) is 11.5 Å². The highest BCUT2D eigenvalue weighted by Crippen LogP contribution is 2.31. The molecule has 0 saturated carbocycles. The average Bonchev–Trinajstić information content (AvgIpc) is 2.70. The maximum absolute atomic E-state index is 14.3. The van der Waals surface area contributed by atoms with Crippen LogP contribution in [-0.2, 0) is 16.2 Å². The van der Waals surface area contributed by atoms with Gasteiger partial charge in [-0.1, -0.05) is 29.8 Å². The molecule has 31 heavy (non-hydrogen) atoms. The monoisotopic (exact) mass is 453 g/mol. The van der Waals surface area contributed by atoms with Crippen molar-refractivity contribution < 1.29 is 35.5 Å². The standard InChI is InChI=1S/C21H15F4NO4S/c1-13-8-10-15(11-9-13)30-19-17(6-3-7-18(19)22)20(27)26-31(28,29)16-5-2-4-14(12-16)21(23,24)25/h2-12H,1H3,(H,26,27). The summed E-state index contributed by atoms with van der Waals surface area (Å²) < 4.78 is 84.9. The minimum absolute atomic E-state index is 0.200. The fourth-order valence-corrected chi connectivity index (χ4v) is 3.60. The largest absolute Gasteiger partial charge is 0.453 e. The van der Waals surface area contributed by atoms with Gasteiger partial charge in [0.25, 0.3) is 15.9 Å². The van der Waals surface area contributed by atoms with Gasteiger partial charge in [-0.25, -0.2) is 17.5 Å². The fourth-order valence-electron chi connectivity index (χ4n) is 2.59. The quantitative estimate of drug-likeness (QED) is 0.548. The Morgan fingerprint density at radius 1 is 0.968 bits per heavy atom. The number of ether oxygens (including phenoxy) is 1. The zero-order chi connectivity index (χ0) is 22.8. The number of hydrogen-bond acceptors (Lipinski definition) is 4. The van der Waals surface area contributed by atoms with Gasteiger partial charge in [-0.15, -0.1) is 0 Å². The Labute approximate surface area is 175 Å². The van der Waals surface area contributed by atoms with E-state index in [1.165, 1.54) is 18.2 Å². The van der Waals surface area contributed by atoms with Crippen molar-refractivity contribution in [2.75, 3.05) is 0 Å². The summed E-state index contributed by atoms with van der Waals surface area (Å²) in [4.78, 5) is 11.8. The first-order chi connectivity index (χ1) is 14.5. The minimum Gasteiger partial charge on any atom is -0.453 e. The first-order valence-electron chi connectivity index (χ1n) is 8.75. The lowest BCUT2D eigenvalue weighted by Crippen LogP contribution is -2.31. The topological polar surface area (TPSA) is 72.5 Å². The Balaban J connectivity index is 1.91. The van der Waals surface area contributed by atoms with Crippen molar-refractivity contribution in [2.24, 2.45) is 0 Å². The molecule has 0 radical (unpaired) electrons. The summed E-state index contributed by atoms with van der Waals surface area (Å²) in [6.07, 6.45) is -4.77. The molecular weight excluding hydrogens is 438 g/mol. The summed E-state index contributed by atoms with van der Waals surface area (Å²) in [5.41, 5.74) is -0.737. The molecule has 1 amide bonds. The highest BCUT2D eigenvalue weighted by atomic mass is 32.2. The van der Waals surface area contributed by atoms with Crippen LogP contribution in [0.2, 0.25) is 0 Å². The highest BCUT2D eigenvalue weighted by Gasteiger charge is 2.32. The van der Waals surface area contributed by atoms with E-state index in [0.717, 1.165) is 29.8 Å². The normalized spacial score (nSPS) is 11.8. The van der Waals surface area contributed by atoms with E-state index in [-0.39, 0.29) is 5.75 Å². The number of nitrogens with one attached hydrogen (secondary N) is 1. The molecule has 1 N–H and O–H groups in total. The van der Waals surface area contributed by atoms with Gasteiger partial charge >= 0.3 is 6.18 Å². The Kier molecular flexibility index (Phi) is 6.03. The molecule has 0 aliphatic heterocycles. The van der Waals surface area contributed by atoms with E-state index in [0.29, 0.717) is 12.1 Å². The molecule has 5 nitrogen and oxygen atoms in total. The summed E-state index contributed by atoms with van der Waals surface area (Å²) >= 11 is 0. The molecule has 0 unspecified atom stereocenters. The molecular formula is C21H15F4NO4S. The summed E-state index contributed by atoms with van der Waals surface area (Å²) in [5, 5.41) is 0. The van der Waals surface area contributed by atoms with Gasteiger partial charge in [-0.2, -0.15) is 13.2 Å². The van der Waals surface area contributed by atoms with E-state index in [1.807, 2.05) is 6.92 Å². The fraction of sp³-hybridized carbons (Fsp3) is 0.0952. The molecule has 0 aliphatic carbocycles. The third kappa shape index (κ3) is 5.21. The first kappa shape index (κ1) is 22.3. The molecule has 10 heteroatoms. The van der Waals surface area contributed by atoms with E-state index in [1.54, 1.807) is 16.9 Å². The van der Waals surface area contributed by atoms with Gasteiger partial charge < -0.3 is 4.74 Å². The lowest BCUT2D eigenvalue weighted by molar-refractivity contribution is -0.137. The van der Waals surface area contributed by atoms with Crippen LogP contribution in [0.4, 0.5) is 17.6 Å². The second kappa shape index (κ2) is 8.38. The maximum Gasteiger partial charge on any atom is 0.416 e. The van der Waals surface area contributed by atoms with Crippen LogP contribution < -0.4 is 9.46 Å². The number of rotatable bonds is 5. The highest BCUT2D eigenvalue weighted by molar-refractivity contribution is 7.90. The van der Waals surface area contributed by atoms with E-state index in [2.05, 4.69) is 0 Å². The number of halogens is 4. The molecule has 0 bridgehead atoms. The average molecular weight is 453 g/mol. The van der Waals surface area contributed by atoms with Gasteiger partial charge in [0.15, 0.2) is 11.6 Å². The molecule has 0 aromatic heterocycles. The maximum atomic E-state index is 14.3. The molecule has 0 saturated heterocycles. The van der Waals surface area contributed by atoms with Crippen molar-refractivity contribution in [3.05, 3.63) is 89.2 Å². The minimum atomic E-state index is -4.77. The number of benzene rings is 3. The van der Waals surface area contributed by atoms with E-state index in [4.69, 9.17) is 4.74 Å². The van der Waals surface area contributed by atoms with Gasteiger partial charge in [0.1, 0.15) is 5.75 Å². The number of carbonyl (C=O) groups excluding carboxylic acids is 1. The number of aryl methyl sites for hydroxylation is 1. The van der Waals surface area contributed by atoms with Crippen LogP contribution in [0.25, 0.3) is 0 Å². The van der Waals surface area contributed by atoms with Crippen LogP contribution in [-0.4, -0.2) is 14.3 Å². The lowest BCUT2D eigenvalue weighted by Gasteiger charge is -2.13. The third-order valence-corrected chi connectivity index (χ3v) is 5.48. The Morgan fingerprint density at radius 3 is 2.26 bits per heavy atom. The summed E-state index contributed by atoms with van der Waals surface area (Å²) in [6, 6.07) is 12.6. The smallest absolute Gasteiger partial charge is 0.416 e. The van der Waals surface area contributed by atoms with Gasteiger partial charge in [0.05, 0.1) is 16.0 Å². The van der Waals surface area contributed by atoms with Crippen LogP contribution in [0, 0.1) is 12.7 Å². The van der Waals surface area contributed by atoms with Crippen molar-refractivity contribution in [3.8, 4) is 11.5 Å². The van der Waals surface area contributed by atoms with E-state index < -0.39 is 49.7 Å². The summed E-state index contributed by atoms with van der Waals surface area (Å²) in [7, 11) is -4.68. The molecule has 0 heterocycles. The van der Waals surface area contributed by atoms with Gasteiger partial charge in [0, 0.05) is 0 Å². The molecule has 3 aromatic carbocycles. The molecule has 162 valence electrons. The van der Waals surface area contributed by atoms with Gasteiger partial charge in [-0.3, -0.25) is 4.79 Å². The predicted octanol–water partition coefficient (Wildman–Crippen LogP) is 5.06. The Hall–Kier alpha value is -3.40. The Morgan fingerprint density at radius 2 is 1.61 bits per heavy atom. The van der Waals surface area contributed by atoms with Crippen LogP contribution in [0.3, 0.4) is 0 Å². The molecule has 0 atom stereocenters. The lowest BCUT2D eigenvalue weighted by atomic mass is 10.2. The van der Waals surface area contributed by atoms with Crippen molar-refractivity contribution in [1.29, 1.82) is 0 Å². The predicted molar refractivity (Wildman–Crippen MR) is 104 cm³/mol. The summed E-state index contributed by atoms with van der Waals surface area (Å²) in [5.74, 6) is -2.52. The SMILES string of the molecule is Cc1ccc(Oc2c(F)cccc2C(=O)NS(=O)(=O)c2cccc(C(F)(F)F)c2)cc1. The molecule has 3 aromatic rings. The molecule has 0 spiro atoms. The summed E-state index contributed by atoms with van der Waals surface area (Å²) in [6.45, 7) is 1.82. The molecule has 0 aliphatic rings. The zero-order valence-corrected chi connectivity index (χ0v) is 16.7. The number of alkyl halides is 3. The Bertz CT molecular complexity index is 1220. The zero-order valence-electron chi connectivity index (χ0n) is 15.9. The van der Waals surface area contributed by atoms with Gasteiger partial charge in [0.2, 0.25) is 0 Å². The van der Waals surface area contributed by atoms with Crippen LogP contribution in [0.1, 0.15) is 21.5 Å². The number of sulfonamides is 1.